The lowest BCUT2D eigenvalue weighted by atomic mass is 10.0. The van der Waals surface area contributed by atoms with E-state index in [1.807, 2.05) is 13.8 Å². The fourth-order valence-corrected chi connectivity index (χ4v) is 3.55. The van der Waals surface area contributed by atoms with Crippen LogP contribution in [0.4, 0.5) is 10.2 Å². The van der Waals surface area contributed by atoms with Crippen molar-refractivity contribution in [2.75, 3.05) is 25.4 Å². The number of hydrogen-bond acceptors (Lipinski definition) is 4. The molecule has 2 aromatic rings. The van der Waals surface area contributed by atoms with E-state index in [9.17, 15) is 14.0 Å². The molecule has 0 radical (unpaired) electrons. The largest absolute Gasteiger partial charge is 0.381 e. The van der Waals surface area contributed by atoms with Crippen LogP contribution in [0.15, 0.2) is 36.5 Å². The van der Waals surface area contributed by atoms with Crippen molar-refractivity contribution in [1.82, 2.24) is 14.8 Å². The summed E-state index contributed by atoms with van der Waals surface area (Å²) in [4.78, 5) is 33.2. The van der Waals surface area contributed by atoms with Crippen molar-refractivity contribution in [3.05, 3.63) is 47.9 Å². The molecule has 2 N–H and O–H groups in total. The molecule has 1 saturated heterocycles. The van der Waals surface area contributed by atoms with E-state index in [0.29, 0.717) is 42.7 Å². The number of nitrogen functional groups attached to an aromatic ring is 1. The number of carbonyl (C=O) groups is 2. The number of benzene rings is 1. The highest BCUT2D eigenvalue weighted by molar-refractivity contribution is 5.99. The predicted octanol–water partition coefficient (Wildman–Crippen LogP) is 2.94. The molecule has 1 unspecified atom stereocenters. The van der Waals surface area contributed by atoms with Crippen LogP contribution in [-0.4, -0.2) is 52.3 Å². The van der Waals surface area contributed by atoms with Crippen LogP contribution >= 0.6 is 0 Å². The van der Waals surface area contributed by atoms with Gasteiger partial charge in [-0.2, -0.15) is 0 Å². The molecule has 1 aliphatic rings. The lowest BCUT2D eigenvalue weighted by Gasteiger charge is -2.40. The minimum absolute atomic E-state index is 0.00455. The number of anilines is 1. The lowest BCUT2D eigenvalue weighted by Crippen LogP contribution is -2.58. The smallest absolute Gasteiger partial charge is 0.254 e. The van der Waals surface area contributed by atoms with Gasteiger partial charge in [0.1, 0.15) is 6.04 Å². The number of amides is 2. The average molecular weight is 384 g/mol. The van der Waals surface area contributed by atoms with Gasteiger partial charge in [0.15, 0.2) is 11.6 Å². The molecule has 1 aliphatic heterocycles. The normalized spacial score (nSPS) is 17.1. The quantitative estimate of drug-likeness (QED) is 0.860. The molecule has 6 nitrogen and oxygen atoms in total. The maximum atomic E-state index is 13.8. The first-order valence-electron chi connectivity index (χ1n) is 9.57. The van der Waals surface area contributed by atoms with Gasteiger partial charge in [-0.1, -0.05) is 25.5 Å². The van der Waals surface area contributed by atoms with E-state index >= 15 is 0 Å². The maximum Gasteiger partial charge on any atom is 0.254 e. The number of aromatic nitrogens is 1. The second-order valence-electron chi connectivity index (χ2n) is 6.89. The van der Waals surface area contributed by atoms with Crippen molar-refractivity contribution < 1.29 is 14.0 Å². The van der Waals surface area contributed by atoms with E-state index in [2.05, 4.69) is 4.98 Å². The molecule has 28 heavy (non-hydrogen) atoms. The fraction of sp³-hybridized carbons (Fsp3) is 0.381. The summed E-state index contributed by atoms with van der Waals surface area (Å²) < 4.78 is 13.8. The molecule has 1 aromatic heterocycles. The third-order valence-electron chi connectivity index (χ3n) is 5.10. The highest BCUT2D eigenvalue weighted by Crippen LogP contribution is 2.24. The Bertz CT molecular complexity index is 886. The van der Waals surface area contributed by atoms with Crippen molar-refractivity contribution in [1.29, 1.82) is 0 Å². The lowest BCUT2D eigenvalue weighted by molar-refractivity contribution is -0.140. The van der Waals surface area contributed by atoms with Crippen molar-refractivity contribution in [2.24, 2.45) is 0 Å². The van der Waals surface area contributed by atoms with Crippen molar-refractivity contribution in [2.45, 2.75) is 32.7 Å². The Kier molecular flexibility index (Phi) is 5.92. The van der Waals surface area contributed by atoms with Gasteiger partial charge in [0.2, 0.25) is 5.91 Å². The third kappa shape index (κ3) is 3.83. The summed E-state index contributed by atoms with van der Waals surface area (Å²) in [6, 6.07) is 7.81. The number of nitrogens with zero attached hydrogens (tertiary/aromatic N) is 3. The number of likely N-dealkylation sites (N-methyl/N-ethyl adjacent to an activating group) is 1. The summed E-state index contributed by atoms with van der Waals surface area (Å²) in [5.41, 5.74) is 7.11. The molecule has 3 rings (SSSR count). The number of hydrogen-bond donors (Lipinski definition) is 1. The first-order chi connectivity index (χ1) is 13.5. The van der Waals surface area contributed by atoms with Gasteiger partial charge in [0.05, 0.1) is 0 Å². The Hall–Kier alpha value is -2.96. The van der Waals surface area contributed by atoms with Gasteiger partial charge in [-0.25, -0.2) is 9.37 Å². The summed E-state index contributed by atoms with van der Waals surface area (Å²) in [5, 5.41) is 0. The summed E-state index contributed by atoms with van der Waals surface area (Å²) in [5.74, 6) is -0.942. The van der Waals surface area contributed by atoms with Gasteiger partial charge in [-0.15, -0.1) is 0 Å². The summed E-state index contributed by atoms with van der Waals surface area (Å²) in [6.45, 7) is 5.64. The van der Waals surface area contributed by atoms with Gasteiger partial charge in [-0.05, 0) is 37.1 Å². The Balaban J connectivity index is 1.89. The minimum Gasteiger partial charge on any atom is -0.381 e. The number of carbonyl (C=O) groups excluding carboxylic acids is 2. The summed E-state index contributed by atoms with van der Waals surface area (Å²) >= 11 is 0. The topological polar surface area (TPSA) is 79.5 Å². The van der Waals surface area contributed by atoms with Crippen LogP contribution in [0.2, 0.25) is 0 Å². The molecule has 148 valence electrons. The van der Waals surface area contributed by atoms with Crippen LogP contribution in [0.25, 0.3) is 11.1 Å². The Morgan fingerprint density at radius 1 is 1.25 bits per heavy atom. The van der Waals surface area contributed by atoms with Crippen LogP contribution < -0.4 is 5.73 Å². The van der Waals surface area contributed by atoms with E-state index < -0.39 is 11.9 Å². The van der Waals surface area contributed by atoms with Gasteiger partial charge in [-0.3, -0.25) is 9.59 Å². The van der Waals surface area contributed by atoms with Crippen LogP contribution in [0.3, 0.4) is 0 Å². The highest BCUT2D eigenvalue weighted by Gasteiger charge is 2.36. The zero-order valence-corrected chi connectivity index (χ0v) is 16.2. The molecule has 0 spiro atoms. The van der Waals surface area contributed by atoms with Crippen LogP contribution in [0, 0.1) is 5.82 Å². The average Bonchev–Trinajstić information content (AvgIpc) is 2.71. The van der Waals surface area contributed by atoms with E-state index in [0.717, 1.165) is 6.42 Å². The number of halogens is 1. The van der Waals surface area contributed by atoms with E-state index in [4.69, 9.17) is 5.73 Å². The molecule has 1 aromatic carbocycles. The Morgan fingerprint density at radius 2 is 2.04 bits per heavy atom. The van der Waals surface area contributed by atoms with Crippen LogP contribution in [0.1, 0.15) is 37.0 Å². The Morgan fingerprint density at radius 3 is 2.71 bits per heavy atom. The first kappa shape index (κ1) is 19.8. The highest BCUT2D eigenvalue weighted by atomic mass is 19.1. The zero-order valence-electron chi connectivity index (χ0n) is 16.2. The van der Waals surface area contributed by atoms with Crippen molar-refractivity contribution in [3.8, 4) is 11.1 Å². The summed E-state index contributed by atoms with van der Waals surface area (Å²) in [6.07, 6.45) is 2.92. The number of pyridine rings is 1. The third-order valence-corrected chi connectivity index (χ3v) is 5.10. The molecule has 2 amide bonds. The monoisotopic (exact) mass is 384 g/mol. The summed E-state index contributed by atoms with van der Waals surface area (Å²) in [7, 11) is 0. The van der Waals surface area contributed by atoms with Gasteiger partial charge in [0, 0.05) is 37.0 Å². The number of nitrogens with two attached hydrogens (primary N) is 1. The standard InChI is InChI=1S/C21H25FN4O2/c1-3-6-18-21(28)25(4-2)9-10-26(18)20(27)15-8-5-7-14(11-15)16-12-17(22)19(23)24-13-16/h5,7-8,11-13,18H,3-4,6,9-10H2,1-2H3,(H2,23,24). The predicted molar refractivity (Wildman–Crippen MR) is 106 cm³/mol. The molecule has 2 heterocycles. The van der Waals surface area contributed by atoms with Gasteiger partial charge in [0.25, 0.3) is 5.91 Å². The first-order valence-corrected chi connectivity index (χ1v) is 9.57. The van der Waals surface area contributed by atoms with E-state index in [1.165, 1.54) is 12.3 Å². The molecule has 1 fully saturated rings. The molecular weight excluding hydrogens is 359 g/mol. The zero-order chi connectivity index (χ0) is 20.3. The number of rotatable bonds is 5. The van der Waals surface area contributed by atoms with Crippen molar-refractivity contribution in [3.63, 3.8) is 0 Å². The molecule has 7 heteroatoms. The second kappa shape index (κ2) is 8.37. The molecule has 1 atom stereocenters. The SMILES string of the molecule is CCCC1C(=O)N(CC)CCN1C(=O)c1cccc(-c2cnc(N)c(F)c2)c1. The second-order valence-corrected chi connectivity index (χ2v) is 6.89. The molecule has 0 saturated carbocycles. The minimum atomic E-state index is -0.599. The van der Waals surface area contributed by atoms with Gasteiger partial charge < -0.3 is 15.5 Å². The van der Waals surface area contributed by atoms with E-state index in [1.54, 1.807) is 34.1 Å². The van der Waals surface area contributed by atoms with Crippen LogP contribution in [-0.2, 0) is 4.79 Å². The molecule has 0 aliphatic carbocycles. The van der Waals surface area contributed by atoms with Crippen molar-refractivity contribution >= 4 is 17.6 Å². The van der Waals surface area contributed by atoms with Gasteiger partial charge >= 0.3 is 0 Å². The Labute approximate surface area is 164 Å². The number of piperazine rings is 1. The maximum absolute atomic E-state index is 13.8. The molecular formula is C21H25FN4O2. The van der Waals surface area contributed by atoms with Crippen LogP contribution in [0.5, 0.6) is 0 Å². The fourth-order valence-electron chi connectivity index (χ4n) is 3.55. The molecule has 0 bridgehead atoms. The van der Waals surface area contributed by atoms with E-state index in [-0.39, 0.29) is 17.6 Å².